The van der Waals surface area contributed by atoms with E-state index in [9.17, 15) is 9.59 Å². The number of halogens is 1. The molecule has 0 saturated carbocycles. The van der Waals surface area contributed by atoms with E-state index in [0.29, 0.717) is 10.9 Å². The SMILES string of the molecule is O=C(O)C(=Cc1ccc(CBr)cc1)C(=O)O. The molecule has 1 aromatic rings. The van der Waals surface area contributed by atoms with E-state index >= 15 is 0 Å². The van der Waals surface area contributed by atoms with E-state index in [1.807, 2.05) is 0 Å². The highest BCUT2D eigenvalue weighted by molar-refractivity contribution is 9.08. The second-order valence-electron chi connectivity index (χ2n) is 3.04. The molecule has 0 atom stereocenters. The number of benzene rings is 1. The quantitative estimate of drug-likeness (QED) is 0.384. The van der Waals surface area contributed by atoms with Crippen LogP contribution in [0.4, 0.5) is 0 Å². The molecule has 0 fully saturated rings. The van der Waals surface area contributed by atoms with Crippen molar-refractivity contribution in [1.82, 2.24) is 0 Å². The fraction of sp³-hybridized carbons (Fsp3) is 0.0909. The van der Waals surface area contributed by atoms with Crippen LogP contribution in [0.2, 0.25) is 0 Å². The van der Waals surface area contributed by atoms with Crippen molar-refractivity contribution in [3.8, 4) is 0 Å². The van der Waals surface area contributed by atoms with Gasteiger partial charge in [-0.05, 0) is 17.2 Å². The number of carboxylic acids is 2. The van der Waals surface area contributed by atoms with Crippen molar-refractivity contribution in [3.05, 3.63) is 41.0 Å². The second-order valence-corrected chi connectivity index (χ2v) is 3.60. The molecular weight excluding hydrogens is 276 g/mol. The number of hydrogen-bond acceptors (Lipinski definition) is 2. The Kier molecular flexibility index (Phi) is 4.25. The average Bonchev–Trinajstić information content (AvgIpc) is 2.25. The molecule has 0 aliphatic carbocycles. The van der Waals surface area contributed by atoms with Crippen LogP contribution in [-0.4, -0.2) is 22.2 Å². The summed E-state index contributed by atoms with van der Waals surface area (Å²) in [5, 5.41) is 18.0. The summed E-state index contributed by atoms with van der Waals surface area (Å²) in [5.41, 5.74) is 0.931. The molecule has 0 aromatic heterocycles. The van der Waals surface area contributed by atoms with Gasteiger partial charge in [0.05, 0.1) is 0 Å². The fourth-order valence-corrected chi connectivity index (χ4v) is 1.46. The fourth-order valence-electron chi connectivity index (χ4n) is 1.08. The molecule has 0 unspecified atom stereocenters. The van der Waals surface area contributed by atoms with Crippen LogP contribution in [0, 0.1) is 0 Å². The molecule has 5 heteroatoms. The van der Waals surface area contributed by atoms with Gasteiger partial charge in [-0.2, -0.15) is 0 Å². The third-order valence-electron chi connectivity index (χ3n) is 1.91. The van der Waals surface area contributed by atoms with Gasteiger partial charge in [0.25, 0.3) is 0 Å². The summed E-state index contributed by atoms with van der Waals surface area (Å²) in [6.07, 6.45) is 1.13. The van der Waals surface area contributed by atoms with Crippen LogP contribution in [0.25, 0.3) is 6.08 Å². The molecule has 0 bridgehead atoms. The average molecular weight is 285 g/mol. The number of carbonyl (C=O) groups is 2. The summed E-state index contributed by atoms with van der Waals surface area (Å²) in [6.45, 7) is 0. The van der Waals surface area contributed by atoms with Crippen LogP contribution in [-0.2, 0) is 14.9 Å². The maximum atomic E-state index is 10.6. The molecule has 0 heterocycles. The van der Waals surface area contributed by atoms with Crippen molar-refractivity contribution in [1.29, 1.82) is 0 Å². The first kappa shape index (κ1) is 12.4. The molecule has 0 aliphatic rings. The Morgan fingerprint density at radius 3 is 2.00 bits per heavy atom. The van der Waals surface area contributed by atoms with E-state index < -0.39 is 17.5 Å². The second kappa shape index (κ2) is 5.46. The zero-order chi connectivity index (χ0) is 12.1. The standard InChI is InChI=1S/C11H9BrO4/c12-6-8-3-1-7(2-4-8)5-9(10(13)14)11(15)16/h1-5H,6H2,(H,13,14)(H,15,16). The maximum absolute atomic E-state index is 10.6. The first-order valence-corrected chi connectivity index (χ1v) is 5.50. The zero-order valence-corrected chi connectivity index (χ0v) is 9.77. The van der Waals surface area contributed by atoms with E-state index in [4.69, 9.17) is 10.2 Å². The summed E-state index contributed by atoms with van der Waals surface area (Å²) < 4.78 is 0. The van der Waals surface area contributed by atoms with Crippen molar-refractivity contribution in [2.75, 3.05) is 0 Å². The lowest BCUT2D eigenvalue weighted by Crippen LogP contribution is -2.10. The predicted molar refractivity (Wildman–Crippen MR) is 62.3 cm³/mol. The molecule has 0 radical (unpaired) electrons. The third kappa shape index (κ3) is 3.20. The largest absolute Gasteiger partial charge is 0.477 e. The Bertz CT molecular complexity index is 418. The number of aliphatic carboxylic acids is 2. The van der Waals surface area contributed by atoms with E-state index in [2.05, 4.69) is 15.9 Å². The van der Waals surface area contributed by atoms with Crippen LogP contribution >= 0.6 is 15.9 Å². The normalized spacial score (nSPS) is 9.56. The van der Waals surface area contributed by atoms with Crippen LogP contribution in [0.15, 0.2) is 29.8 Å². The Morgan fingerprint density at radius 1 is 1.12 bits per heavy atom. The van der Waals surface area contributed by atoms with Crippen LogP contribution in [0.3, 0.4) is 0 Å². The lowest BCUT2D eigenvalue weighted by molar-refractivity contribution is -0.139. The molecule has 1 rings (SSSR count). The molecule has 0 aliphatic heterocycles. The van der Waals surface area contributed by atoms with Crippen molar-refractivity contribution < 1.29 is 19.8 Å². The molecule has 84 valence electrons. The van der Waals surface area contributed by atoms with E-state index in [0.717, 1.165) is 11.6 Å². The van der Waals surface area contributed by atoms with Gasteiger partial charge in [-0.3, -0.25) is 0 Å². The van der Waals surface area contributed by atoms with Gasteiger partial charge in [0.15, 0.2) is 0 Å². The first-order valence-electron chi connectivity index (χ1n) is 4.37. The van der Waals surface area contributed by atoms with Gasteiger partial charge in [0, 0.05) is 5.33 Å². The van der Waals surface area contributed by atoms with Crippen molar-refractivity contribution >= 4 is 33.9 Å². The van der Waals surface area contributed by atoms with Crippen LogP contribution < -0.4 is 0 Å². The first-order chi connectivity index (χ1) is 7.54. The zero-order valence-electron chi connectivity index (χ0n) is 8.18. The molecule has 16 heavy (non-hydrogen) atoms. The lowest BCUT2D eigenvalue weighted by Gasteiger charge is -1.98. The minimum absolute atomic E-state index is 0.546. The summed E-state index contributed by atoms with van der Waals surface area (Å²) in [5.74, 6) is -2.89. The van der Waals surface area contributed by atoms with Crippen molar-refractivity contribution in [2.45, 2.75) is 5.33 Å². The van der Waals surface area contributed by atoms with E-state index in [1.54, 1.807) is 24.3 Å². The highest BCUT2D eigenvalue weighted by Crippen LogP contribution is 2.11. The molecule has 4 nitrogen and oxygen atoms in total. The Balaban J connectivity index is 3.04. The summed E-state index contributed by atoms with van der Waals surface area (Å²) in [7, 11) is 0. The van der Waals surface area contributed by atoms with E-state index in [-0.39, 0.29) is 0 Å². The van der Waals surface area contributed by atoms with E-state index in [1.165, 1.54) is 0 Å². The monoisotopic (exact) mass is 284 g/mol. The topological polar surface area (TPSA) is 74.6 Å². The summed E-state index contributed by atoms with van der Waals surface area (Å²) in [4.78, 5) is 21.2. The highest BCUT2D eigenvalue weighted by Gasteiger charge is 2.15. The number of alkyl halides is 1. The van der Waals surface area contributed by atoms with Crippen molar-refractivity contribution in [3.63, 3.8) is 0 Å². The Morgan fingerprint density at radius 2 is 1.62 bits per heavy atom. The molecule has 0 saturated heterocycles. The van der Waals surface area contributed by atoms with Gasteiger partial charge < -0.3 is 10.2 Å². The molecule has 0 amide bonds. The molecule has 2 N–H and O–H groups in total. The molecule has 0 spiro atoms. The minimum Gasteiger partial charge on any atom is -0.477 e. The summed E-state index contributed by atoms with van der Waals surface area (Å²) in [6, 6.07) is 6.93. The Labute approximate surface area is 100 Å². The molecule has 1 aromatic carbocycles. The van der Waals surface area contributed by atoms with Gasteiger partial charge in [-0.25, -0.2) is 9.59 Å². The van der Waals surface area contributed by atoms with Gasteiger partial charge in [0.1, 0.15) is 5.57 Å². The van der Waals surface area contributed by atoms with Crippen molar-refractivity contribution in [2.24, 2.45) is 0 Å². The highest BCUT2D eigenvalue weighted by atomic mass is 79.9. The predicted octanol–water partition coefficient (Wildman–Crippen LogP) is 2.13. The van der Waals surface area contributed by atoms with Crippen LogP contribution in [0.1, 0.15) is 11.1 Å². The third-order valence-corrected chi connectivity index (χ3v) is 2.55. The minimum atomic E-state index is -1.45. The lowest BCUT2D eigenvalue weighted by atomic mass is 10.1. The maximum Gasteiger partial charge on any atom is 0.343 e. The van der Waals surface area contributed by atoms with Crippen LogP contribution in [0.5, 0.6) is 0 Å². The van der Waals surface area contributed by atoms with Gasteiger partial charge >= 0.3 is 11.9 Å². The smallest absolute Gasteiger partial charge is 0.343 e. The summed E-state index contributed by atoms with van der Waals surface area (Å²) >= 11 is 3.28. The van der Waals surface area contributed by atoms with Gasteiger partial charge in [0.2, 0.25) is 0 Å². The number of carboxylic acid groups (broad SMARTS) is 2. The van der Waals surface area contributed by atoms with Gasteiger partial charge in [-0.1, -0.05) is 40.2 Å². The Hall–Kier alpha value is -1.62. The molecular formula is C11H9BrO4. The number of rotatable bonds is 4. The van der Waals surface area contributed by atoms with Gasteiger partial charge in [-0.15, -0.1) is 0 Å². The number of hydrogen-bond donors (Lipinski definition) is 2.